The van der Waals surface area contributed by atoms with Crippen LogP contribution in [0.2, 0.25) is 0 Å². The molecule has 0 aliphatic rings. The first-order valence-electron chi connectivity index (χ1n) is 8.55. The second-order valence-electron chi connectivity index (χ2n) is 6.63. The number of hydrogen-bond donors (Lipinski definition) is 1. The number of halogens is 2. The van der Waals surface area contributed by atoms with Crippen LogP contribution in [0.5, 0.6) is 0 Å². The monoisotopic (exact) mass is 384 g/mol. The Labute approximate surface area is 160 Å². The molecule has 9 heteroatoms. The molecule has 0 aliphatic heterocycles. The number of alkyl halides is 2. The number of carbonyl (C=O) groups excluding carboxylic acids is 1. The van der Waals surface area contributed by atoms with E-state index < -0.39 is 23.9 Å². The van der Waals surface area contributed by atoms with E-state index >= 15 is 0 Å². The predicted octanol–water partition coefficient (Wildman–Crippen LogP) is 2.76. The number of carbonyl (C=O) groups is 1. The Hall–Kier alpha value is -3.41. The quantitative estimate of drug-likeness (QED) is 0.730. The highest BCUT2D eigenvalue weighted by atomic mass is 19.3. The number of aryl methyl sites for hydroxylation is 1. The molecule has 1 N–H and O–H groups in total. The van der Waals surface area contributed by atoms with Gasteiger partial charge in [-0.2, -0.15) is 19.1 Å². The minimum Gasteiger partial charge on any atom is -0.346 e. The van der Waals surface area contributed by atoms with E-state index in [4.69, 9.17) is 5.26 Å². The molecule has 3 rings (SSSR count). The molecule has 28 heavy (non-hydrogen) atoms. The van der Waals surface area contributed by atoms with Gasteiger partial charge in [-0.1, -0.05) is 0 Å². The lowest BCUT2D eigenvalue weighted by Crippen LogP contribution is -2.46. The number of nitriles is 1. The fraction of sp³-hybridized carbons (Fsp3) is 0.316. The zero-order valence-corrected chi connectivity index (χ0v) is 15.5. The summed E-state index contributed by atoms with van der Waals surface area (Å²) in [6.07, 6.45) is 4.75. The van der Waals surface area contributed by atoms with Crippen LogP contribution in [0.4, 0.5) is 8.78 Å². The molecule has 0 saturated carbocycles. The van der Waals surface area contributed by atoms with E-state index in [0.717, 1.165) is 5.39 Å². The average molecular weight is 384 g/mol. The molecule has 1 aromatic carbocycles. The van der Waals surface area contributed by atoms with Gasteiger partial charge in [0.1, 0.15) is 11.9 Å². The van der Waals surface area contributed by atoms with Gasteiger partial charge in [0.25, 0.3) is 5.91 Å². The number of rotatable bonds is 5. The molecule has 2 aromatic heterocycles. The summed E-state index contributed by atoms with van der Waals surface area (Å²) in [5.41, 5.74) is 1.77. The standard InChI is InChI=1S/C19H18F2N6O/c1-11(26-18(28)19(3,20)21)17(15-8-23-12(2)24-9-15)27-16-5-4-13(7-22)6-14(16)10-25-27/h4-6,8-11,17H,1-3H3,(H,26,28)/t11-,17+/m0/s1. The third-order valence-electron chi connectivity index (χ3n) is 4.36. The first kappa shape index (κ1) is 19.4. The SMILES string of the molecule is Cc1ncc([C@@H]([C@H](C)NC(=O)C(C)(F)F)n2ncc3cc(C#N)ccc32)cn1. The van der Waals surface area contributed by atoms with Gasteiger partial charge in [0.05, 0.1) is 29.4 Å². The molecule has 2 heterocycles. The summed E-state index contributed by atoms with van der Waals surface area (Å²) in [7, 11) is 0. The predicted molar refractivity (Wildman–Crippen MR) is 97.6 cm³/mol. The summed E-state index contributed by atoms with van der Waals surface area (Å²) in [5.74, 6) is -4.32. The van der Waals surface area contributed by atoms with Crippen LogP contribution in [0.1, 0.15) is 36.8 Å². The van der Waals surface area contributed by atoms with Gasteiger partial charge in [-0.3, -0.25) is 9.48 Å². The molecule has 0 unspecified atom stereocenters. The van der Waals surface area contributed by atoms with Crippen LogP contribution in [0.3, 0.4) is 0 Å². The summed E-state index contributed by atoms with van der Waals surface area (Å²) < 4.78 is 28.4. The van der Waals surface area contributed by atoms with Crippen LogP contribution in [0.25, 0.3) is 10.9 Å². The van der Waals surface area contributed by atoms with E-state index in [1.807, 2.05) is 0 Å². The van der Waals surface area contributed by atoms with Crippen LogP contribution in [-0.2, 0) is 4.79 Å². The number of fused-ring (bicyclic) bond motifs is 1. The molecule has 0 spiro atoms. The van der Waals surface area contributed by atoms with Crippen molar-refractivity contribution in [2.75, 3.05) is 0 Å². The van der Waals surface area contributed by atoms with E-state index in [2.05, 4.69) is 26.5 Å². The minimum atomic E-state index is -3.50. The first-order valence-corrected chi connectivity index (χ1v) is 8.55. The summed E-state index contributed by atoms with van der Waals surface area (Å²) in [6, 6.07) is 5.76. The number of hydrogen-bond acceptors (Lipinski definition) is 5. The second-order valence-corrected chi connectivity index (χ2v) is 6.63. The maximum atomic E-state index is 13.4. The van der Waals surface area contributed by atoms with Crippen molar-refractivity contribution in [3.05, 3.63) is 53.7 Å². The van der Waals surface area contributed by atoms with Gasteiger partial charge < -0.3 is 5.32 Å². The summed E-state index contributed by atoms with van der Waals surface area (Å²) in [5, 5.41) is 16.5. The molecule has 0 fully saturated rings. The Morgan fingerprint density at radius 1 is 1.29 bits per heavy atom. The Morgan fingerprint density at radius 3 is 2.57 bits per heavy atom. The topological polar surface area (TPSA) is 96.5 Å². The van der Waals surface area contributed by atoms with Crippen LogP contribution in [0, 0.1) is 18.3 Å². The number of benzene rings is 1. The molecule has 144 valence electrons. The molecule has 0 bridgehead atoms. The highest BCUT2D eigenvalue weighted by Gasteiger charge is 2.35. The average Bonchev–Trinajstić information content (AvgIpc) is 3.05. The third-order valence-corrected chi connectivity index (χ3v) is 4.36. The van der Waals surface area contributed by atoms with Crippen LogP contribution in [0.15, 0.2) is 36.8 Å². The lowest BCUT2D eigenvalue weighted by Gasteiger charge is -2.27. The summed E-state index contributed by atoms with van der Waals surface area (Å²) >= 11 is 0. The molecule has 1 amide bonds. The van der Waals surface area contributed by atoms with Crippen molar-refractivity contribution in [2.45, 2.75) is 38.8 Å². The van der Waals surface area contributed by atoms with Gasteiger partial charge in [0.2, 0.25) is 0 Å². The smallest absolute Gasteiger partial charge is 0.321 e. The lowest BCUT2D eigenvalue weighted by molar-refractivity contribution is -0.143. The Morgan fingerprint density at radius 2 is 1.96 bits per heavy atom. The molecule has 7 nitrogen and oxygen atoms in total. The zero-order valence-electron chi connectivity index (χ0n) is 15.5. The van der Waals surface area contributed by atoms with Crippen LogP contribution < -0.4 is 5.32 Å². The molecule has 0 radical (unpaired) electrons. The van der Waals surface area contributed by atoms with Gasteiger partial charge in [0.15, 0.2) is 0 Å². The molecule has 2 atom stereocenters. The van der Waals surface area contributed by atoms with E-state index in [1.165, 1.54) is 0 Å². The summed E-state index contributed by atoms with van der Waals surface area (Å²) in [6.45, 7) is 3.89. The number of nitrogens with zero attached hydrogens (tertiary/aromatic N) is 5. The van der Waals surface area contributed by atoms with Gasteiger partial charge in [-0.15, -0.1) is 0 Å². The maximum absolute atomic E-state index is 13.4. The van der Waals surface area contributed by atoms with Crippen LogP contribution in [-0.4, -0.2) is 37.6 Å². The van der Waals surface area contributed by atoms with Gasteiger partial charge >= 0.3 is 5.92 Å². The van der Waals surface area contributed by atoms with Gasteiger partial charge in [-0.05, 0) is 32.0 Å². The largest absolute Gasteiger partial charge is 0.346 e. The number of nitrogens with one attached hydrogen (secondary N) is 1. The van der Waals surface area contributed by atoms with Crippen molar-refractivity contribution >= 4 is 16.8 Å². The lowest BCUT2D eigenvalue weighted by atomic mass is 10.0. The van der Waals surface area contributed by atoms with Gasteiger partial charge in [0, 0.05) is 30.3 Å². The molecular formula is C19H18F2N6O. The second kappa shape index (κ2) is 7.31. The third kappa shape index (κ3) is 3.81. The van der Waals surface area contributed by atoms with Crippen LogP contribution >= 0.6 is 0 Å². The van der Waals surface area contributed by atoms with Crippen molar-refractivity contribution in [3.8, 4) is 6.07 Å². The van der Waals surface area contributed by atoms with E-state index in [9.17, 15) is 13.6 Å². The number of amides is 1. The van der Waals surface area contributed by atoms with Gasteiger partial charge in [-0.25, -0.2) is 9.97 Å². The Bertz CT molecular complexity index is 1050. The van der Waals surface area contributed by atoms with E-state index in [0.29, 0.717) is 29.4 Å². The normalized spacial score (nSPS) is 13.7. The maximum Gasteiger partial charge on any atom is 0.321 e. The summed E-state index contributed by atoms with van der Waals surface area (Å²) in [4.78, 5) is 20.2. The highest BCUT2D eigenvalue weighted by Crippen LogP contribution is 2.27. The fourth-order valence-electron chi connectivity index (χ4n) is 2.95. The Kier molecular flexibility index (Phi) is 5.05. The minimum absolute atomic E-state index is 0.481. The van der Waals surface area contributed by atoms with Crippen molar-refractivity contribution in [1.82, 2.24) is 25.1 Å². The van der Waals surface area contributed by atoms with E-state index in [1.54, 1.807) is 55.3 Å². The van der Waals surface area contributed by atoms with Crippen molar-refractivity contribution < 1.29 is 13.6 Å². The Balaban J connectivity index is 2.08. The number of aromatic nitrogens is 4. The van der Waals surface area contributed by atoms with E-state index in [-0.39, 0.29) is 0 Å². The first-order chi connectivity index (χ1) is 13.2. The zero-order chi connectivity index (χ0) is 20.5. The van der Waals surface area contributed by atoms with Crippen molar-refractivity contribution in [3.63, 3.8) is 0 Å². The fourth-order valence-corrected chi connectivity index (χ4v) is 2.95. The van der Waals surface area contributed by atoms with Crippen molar-refractivity contribution in [1.29, 1.82) is 5.26 Å². The van der Waals surface area contributed by atoms with Crippen molar-refractivity contribution in [2.24, 2.45) is 0 Å². The molecular weight excluding hydrogens is 366 g/mol. The molecule has 0 aliphatic carbocycles. The molecule has 3 aromatic rings. The molecule has 0 saturated heterocycles. The highest BCUT2D eigenvalue weighted by molar-refractivity contribution is 5.83.